The van der Waals surface area contributed by atoms with E-state index in [2.05, 4.69) is 45.2 Å². The predicted octanol–water partition coefficient (Wildman–Crippen LogP) is 5.21. The number of aryl methyl sites for hydroxylation is 1. The number of pyridine rings is 1. The van der Waals surface area contributed by atoms with Crippen LogP contribution < -0.4 is 4.74 Å². The molecule has 0 amide bonds. The van der Waals surface area contributed by atoms with Crippen molar-refractivity contribution in [3.8, 4) is 5.75 Å². The maximum absolute atomic E-state index is 13.0. The largest absolute Gasteiger partial charge is 0.497 e. The Hall–Kier alpha value is -2.66. The Labute approximate surface area is 171 Å². The molecule has 1 atom stereocenters. The lowest BCUT2D eigenvalue weighted by molar-refractivity contribution is 0.0982. The molecule has 0 radical (unpaired) electrons. The smallest absolute Gasteiger partial charge is 0.179 e. The van der Waals surface area contributed by atoms with E-state index >= 15 is 0 Å². The lowest BCUT2D eigenvalue weighted by atomic mass is 9.90. The zero-order valence-corrected chi connectivity index (χ0v) is 17.0. The van der Waals surface area contributed by atoms with Gasteiger partial charge in [0, 0.05) is 22.7 Å². The molecule has 1 N–H and O–H groups in total. The third-order valence-electron chi connectivity index (χ3n) is 5.50. The van der Waals surface area contributed by atoms with Crippen LogP contribution in [0.4, 0.5) is 0 Å². The molecule has 0 fully saturated rings. The second-order valence-electron chi connectivity index (χ2n) is 7.20. The lowest BCUT2D eigenvalue weighted by Crippen LogP contribution is -2.24. The van der Waals surface area contributed by atoms with Crippen LogP contribution in [-0.4, -0.2) is 27.7 Å². The van der Waals surface area contributed by atoms with E-state index in [-0.39, 0.29) is 10.6 Å². The number of aromatic amines is 1. The Balaban J connectivity index is 1.74. The van der Waals surface area contributed by atoms with Crippen LogP contribution in [0.25, 0.3) is 21.8 Å². The van der Waals surface area contributed by atoms with Gasteiger partial charge in [-0.25, -0.2) is 0 Å². The number of hydrogen-bond donors (Lipinski definition) is 1. The van der Waals surface area contributed by atoms with E-state index in [1.165, 1.54) is 0 Å². The van der Waals surface area contributed by atoms with Gasteiger partial charge in [-0.1, -0.05) is 46.3 Å². The Kier molecular flexibility index (Phi) is 4.20. The van der Waals surface area contributed by atoms with Crippen molar-refractivity contribution >= 4 is 43.5 Å². The molecule has 0 spiro atoms. The van der Waals surface area contributed by atoms with Crippen molar-refractivity contribution in [3.63, 3.8) is 0 Å². The first kappa shape index (κ1) is 17.4. The summed E-state index contributed by atoms with van der Waals surface area (Å²) in [6.07, 6.45) is 2.29. The van der Waals surface area contributed by atoms with Crippen LogP contribution >= 0.6 is 15.9 Å². The van der Waals surface area contributed by atoms with Crippen LogP contribution in [-0.2, 0) is 12.8 Å². The van der Waals surface area contributed by atoms with Crippen LogP contribution in [0.2, 0.25) is 0 Å². The van der Waals surface area contributed by atoms with Gasteiger partial charge in [-0.15, -0.1) is 0 Å². The highest BCUT2D eigenvalue weighted by Gasteiger charge is 2.30. The number of ketones is 1. The monoisotopic (exact) mass is 434 g/mol. The van der Waals surface area contributed by atoms with E-state index in [4.69, 9.17) is 9.72 Å². The van der Waals surface area contributed by atoms with Gasteiger partial charge in [-0.05, 0) is 36.6 Å². The van der Waals surface area contributed by atoms with Crippen molar-refractivity contribution < 1.29 is 9.53 Å². The van der Waals surface area contributed by atoms with Gasteiger partial charge in [0.25, 0.3) is 0 Å². The molecule has 4 nitrogen and oxygen atoms in total. The van der Waals surface area contributed by atoms with Crippen molar-refractivity contribution in [1.29, 1.82) is 0 Å². The Morgan fingerprint density at radius 2 is 1.96 bits per heavy atom. The highest BCUT2D eigenvalue weighted by molar-refractivity contribution is 9.10. The van der Waals surface area contributed by atoms with E-state index in [9.17, 15) is 4.79 Å². The molecule has 2 aromatic carbocycles. The van der Waals surface area contributed by atoms with Crippen molar-refractivity contribution in [3.05, 3.63) is 71.0 Å². The summed E-state index contributed by atoms with van der Waals surface area (Å²) >= 11 is 3.55. The Morgan fingerprint density at radius 3 is 2.75 bits per heavy atom. The molecule has 5 heteroatoms. The number of nitrogens with one attached hydrogen (secondary N) is 1. The normalized spacial score (nSPS) is 16.5. The fourth-order valence-corrected chi connectivity index (χ4v) is 4.56. The number of methoxy groups -OCH3 is 1. The SMILES string of the molecule is COc1ccc(Cc2nc3c(c4c2[nH]c2ccccc24)C(=O)C(Br)CC3)cc1. The average Bonchev–Trinajstić information content (AvgIpc) is 3.11. The van der Waals surface area contributed by atoms with Gasteiger partial charge in [0.1, 0.15) is 5.75 Å². The highest BCUT2D eigenvalue weighted by atomic mass is 79.9. The number of carbonyl (C=O) groups excluding carboxylic acids is 1. The Bertz CT molecular complexity index is 1210. The van der Waals surface area contributed by atoms with Crippen molar-refractivity contribution in [2.75, 3.05) is 7.11 Å². The van der Waals surface area contributed by atoms with E-state index in [0.29, 0.717) is 6.42 Å². The fraction of sp³-hybridized carbons (Fsp3) is 0.217. The van der Waals surface area contributed by atoms with Crippen LogP contribution in [0, 0.1) is 0 Å². The number of carbonyl (C=O) groups is 1. The molecule has 140 valence electrons. The predicted molar refractivity (Wildman–Crippen MR) is 115 cm³/mol. The van der Waals surface area contributed by atoms with Crippen LogP contribution in [0.15, 0.2) is 48.5 Å². The summed E-state index contributed by atoms with van der Waals surface area (Å²) in [4.78, 5) is 21.3. The molecule has 2 heterocycles. The second kappa shape index (κ2) is 6.74. The van der Waals surface area contributed by atoms with Crippen molar-refractivity contribution in [2.45, 2.75) is 24.1 Å². The van der Waals surface area contributed by atoms with Crippen LogP contribution in [0.1, 0.15) is 33.7 Å². The summed E-state index contributed by atoms with van der Waals surface area (Å²) in [6, 6.07) is 16.2. The van der Waals surface area contributed by atoms with Crippen LogP contribution in [0.5, 0.6) is 5.75 Å². The molecule has 4 aromatic rings. The minimum Gasteiger partial charge on any atom is -0.497 e. The number of alkyl halides is 1. The van der Waals surface area contributed by atoms with Gasteiger partial charge in [-0.2, -0.15) is 0 Å². The first-order valence-corrected chi connectivity index (χ1v) is 10.3. The summed E-state index contributed by atoms with van der Waals surface area (Å²) < 4.78 is 5.26. The molecular formula is C23H19BrN2O2. The number of nitrogens with zero attached hydrogens (tertiary/aromatic N) is 1. The standard InChI is InChI=1S/C23H19BrN2O2/c1-28-14-8-6-13(7-9-14)12-19-22-20(15-4-2-3-5-17(15)26-22)21-18(25-19)11-10-16(24)23(21)27/h2-9,16,26H,10-12H2,1H3. The molecular weight excluding hydrogens is 416 g/mol. The number of benzene rings is 2. The van der Waals surface area contributed by atoms with Gasteiger partial charge in [0.05, 0.1) is 34.4 Å². The van der Waals surface area contributed by atoms with Gasteiger partial charge in [0.15, 0.2) is 5.78 Å². The van der Waals surface area contributed by atoms with Crippen molar-refractivity contribution in [2.24, 2.45) is 0 Å². The zero-order valence-electron chi connectivity index (χ0n) is 15.5. The number of rotatable bonds is 3. The summed E-state index contributed by atoms with van der Waals surface area (Å²) in [7, 11) is 1.67. The molecule has 0 saturated heterocycles. The maximum Gasteiger partial charge on any atom is 0.179 e. The number of hydrogen-bond acceptors (Lipinski definition) is 3. The van der Waals surface area contributed by atoms with E-state index < -0.39 is 0 Å². The van der Waals surface area contributed by atoms with Gasteiger partial charge < -0.3 is 9.72 Å². The van der Waals surface area contributed by atoms with E-state index in [1.807, 2.05) is 24.3 Å². The highest BCUT2D eigenvalue weighted by Crippen LogP contribution is 2.37. The number of aromatic nitrogens is 2. The molecule has 28 heavy (non-hydrogen) atoms. The molecule has 0 aliphatic heterocycles. The maximum atomic E-state index is 13.0. The molecule has 1 aliphatic rings. The minimum atomic E-state index is -0.133. The summed E-state index contributed by atoms with van der Waals surface area (Å²) in [5, 5.41) is 2.10. The van der Waals surface area contributed by atoms with Crippen molar-refractivity contribution in [1.82, 2.24) is 9.97 Å². The quantitative estimate of drug-likeness (QED) is 0.450. The topological polar surface area (TPSA) is 55.0 Å². The van der Waals surface area contributed by atoms with Crippen LogP contribution in [0.3, 0.4) is 0 Å². The summed E-state index contributed by atoms with van der Waals surface area (Å²) in [6.45, 7) is 0. The molecule has 5 rings (SSSR count). The fourth-order valence-electron chi connectivity index (χ4n) is 4.10. The number of fused-ring (bicyclic) bond motifs is 5. The second-order valence-corrected chi connectivity index (χ2v) is 8.30. The minimum absolute atomic E-state index is 0.133. The number of H-pyrrole nitrogens is 1. The first-order valence-electron chi connectivity index (χ1n) is 9.39. The number of Topliss-reactive ketones (excluding diaryl/α,β-unsaturated/α-hetero) is 1. The lowest BCUT2D eigenvalue weighted by Gasteiger charge is -2.20. The molecule has 1 aliphatic carbocycles. The van der Waals surface area contributed by atoms with Gasteiger partial charge in [0.2, 0.25) is 0 Å². The molecule has 1 unspecified atom stereocenters. The van der Waals surface area contributed by atoms with E-state index in [1.54, 1.807) is 7.11 Å². The number of ether oxygens (including phenoxy) is 1. The summed E-state index contributed by atoms with van der Waals surface area (Å²) in [5.74, 6) is 0.978. The van der Waals surface area contributed by atoms with Gasteiger partial charge >= 0.3 is 0 Å². The number of para-hydroxylation sites is 1. The number of halogens is 1. The van der Waals surface area contributed by atoms with E-state index in [0.717, 1.165) is 62.9 Å². The molecule has 0 bridgehead atoms. The first-order chi connectivity index (χ1) is 13.7. The average molecular weight is 435 g/mol. The third kappa shape index (κ3) is 2.73. The summed E-state index contributed by atoms with van der Waals surface area (Å²) in [5.41, 5.74) is 5.84. The van der Waals surface area contributed by atoms with Gasteiger partial charge in [-0.3, -0.25) is 9.78 Å². The molecule has 2 aromatic heterocycles. The zero-order chi connectivity index (χ0) is 19.3. The Morgan fingerprint density at radius 1 is 1.18 bits per heavy atom. The molecule has 0 saturated carbocycles. The third-order valence-corrected chi connectivity index (χ3v) is 6.37.